The topological polar surface area (TPSA) is 49.9 Å². The summed E-state index contributed by atoms with van der Waals surface area (Å²) in [6, 6.07) is 15.6. The highest BCUT2D eigenvalue weighted by Gasteiger charge is 2.31. The van der Waals surface area contributed by atoms with E-state index in [1.165, 1.54) is 5.56 Å². The highest BCUT2D eigenvalue weighted by Crippen LogP contribution is 2.33. The number of carbonyl (C=O) groups excluding carboxylic acids is 2. The quantitative estimate of drug-likeness (QED) is 0.675. The van der Waals surface area contributed by atoms with E-state index in [2.05, 4.69) is 12.6 Å². The fourth-order valence-corrected chi connectivity index (χ4v) is 3.90. The summed E-state index contributed by atoms with van der Waals surface area (Å²) >= 11 is 0. The van der Waals surface area contributed by atoms with E-state index in [9.17, 15) is 9.59 Å². The Morgan fingerprint density at radius 1 is 1.21 bits per heavy atom. The van der Waals surface area contributed by atoms with Crippen LogP contribution in [0, 0.1) is 0 Å². The third-order valence-corrected chi connectivity index (χ3v) is 5.42. The molecular weight excluding hydrogens is 364 g/mol. The molecule has 1 heterocycles. The molecule has 1 unspecified atom stereocenters. The third kappa shape index (κ3) is 4.86. The zero-order valence-electron chi connectivity index (χ0n) is 17.1. The lowest BCUT2D eigenvalue weighted by Gasteiger charge is -2.37. The van der Waals surface area contributed by atoms with Gasteiger partial charge >= 0.3 is 0 Å². The molecular formula is C24H28N2O3. The highest BCUT2D eigenvalue weighted by atomic mass is 16.5. The summed E-state index contributed by atoms with van der Waals surface area (Å²) in [5, 5.41) is 0. The lowest BCUT2D eigenvalue weighted by Crippen LogP contribution is -2.42. The van der Waals surface area contributed by atoms with Crippen LogP contribution in [0.3, 0.4) is 0 Å². The maximum atomic E-state index is 13.2. The molecule has 2 aromatic carbocycles. The normalized spacial score (nSPS) is 15.4. The van der Waals surface area contributed by atoms with Crippen LogP contribution in [0.5, 0.6) is 5.75 Å². The van der Waals surface area contributed by atoms with E-state index in [4.69, 9.17) is 4.74 Å². The number of amides is 2. The molecule has 0 saturated carbocycles. The van der Waals surface area contributed by atoms with E-state index in [0.29, 0.717) is 19.6 Å². The molecule has 1 atom stereocenters. The van der Waals surface area contributed by atoms with Gasteiger partial charge in [-0.15, -0.1) is 6.58 Å². The van der Waals surface area contributed by atoms with Crippen molar-refractivity contribution in [2.45, 2.75) is 32.4 Å². The number of benzene rings is 2. The Morgan fingerprint density at radius 3 is 2.59 bits per heavy atom. The first-order valence-corrected chi connectivity index (χ1v) is 9.90. The Morgan fingerprint density at radius 2 is 1.93 bits per heavy atom. The monoisotopic (exact) mass is 392 g/mol. The van der Waals surface area contributed by atoms with E-state index in [1.54, 1.807) is 25.0 Å². The minimum atomic E-state index is -0.229. The van der Waals surface area contributed by atoms with E-state index >= 15 is 0 Å². The fourth-order valence-electron chi connectivity index (χ4n) is 3.90. The van der Waals surface area contributed by atoms with Gasteiger partial charge in [-0.3, -0.25) is 9.59 Å². The number of rotatable bonds is 7. The second-order valence-corrected chi connectivity index (χ2v) is 7.29. The van der Waals surface area contributed by atoms with Crippen LogP contribution in [0.4, 0.5) is 0 Å². The van der Waals surface area contributed by atoms with Gasteiger partial charge in [-0.25, -0.2) is 0 Å². The number of carbonyl (C=O) groups is 2. The molecule has 0 radical (unpaired) electrons. The first-order valence-electron chi connectivity index (χ1n) is 9.90. The molecule has 1 aliphatic rings. The third-order valence-electron chi connectivity index (χ3n) is 5.42. The number of hydrogen-bond donors (Lipinski definition) is 0. The van der Waals surface area contributed by atoms with Crippen LogP contribution in [0.2, 0.25) is 0 Å². The molecule has 0 N–H and O–H groups in total. The van der Waals surface area contributed by atoms with Crippen molar-refractivity contribution >= 4 is 11.8 Å². The molecule has 29 heavy (non-hydrogen) atoms. The summed E-state index contributed by atoms with van der Waals surface area (Å²) in [7, 11) is 1.63. The zero-order chi connectivity index (χ0) is 20.8. The van der Waals surface area contributed by atoms with Gasteiger partial charge in [0.1, 0.15) is 5.75 Å². The predicted octanol–water partition coefficient (Wildman–Crippen LogP) is 3.75. The fraction of sp³-hybridized carbons (Fsp3) is 0.333. The average Bonchev–Trinajstić information content (AvgIpc) is 2.74. The van der Waals surface area contributed by atoms with Crippen molar-refractivity contribution in [2.75, 3.05) is 20.2 Å². The van der Waals surface area contributed by atoms with Gasteiger partial charge in [0.2, 0.25) is 11.8 Å². The van der Waals surface area contributed by atoms with Gasteiger partial charge in [-0.05, 0) is 35.2 Å². The Balaban J connectivity index is 1.80. The number of ether oxygens (including phenoxy) is 1. The number of fused-ring (bicyclic) bond motifs is 1. The second kappa shape index (κ2) is 9.41. The van der Waals surface area contributed by atoms with Crippen molar-refractivity contribution in [3.05, 3.63) is 77.9 Å². The zero-order valence-corrected chi connectivity index (χ0v) is 17.1. The van der Waals surface area contributed by atoms with Crippen LogP contribution < -0.4 is 4.74 Å². The molecule has 0 aromatic heterocycles. The number of hydrogen-bond acceptors (Lipinski definition) is 3. The Kier molecular flexibility index (Phi) is 6.70. The van der Waals surface area contributed by atoms with Gasteiger partial charge in [-0.2, -0.15) is 0 Å². The Hall–Kier alpha value is -3.08. The van der Waals surface area contributed by atoms with E-state index in [1.807, 2.05) is 47.4 Å². The standard InChI is InChI=1S/C24H28N2O3/c1-4-14-25(17-19-9-11-21(29-3)12-10-19)24(28)16-23-22-8-6-5-7-20(22)13-15-26(23)18(2)27/h4-12,23H,1,13-17H2,2-3H3. The van der Waals surface area contributed by atoms with E-state index in [-0.39, 0.29) is 24.3 Å². The minimum Gasteiger partial charge on any atom is -0.497 e. The Bertz CT molecular complexity index is 876. The van der Waals surface area contributed by atoms with Gasteiger partial charge < -0.3 is 14.5 Å². The average molecular weight is 392 g/mol. The van der Waals surface area contributed by atoms with E-state index < -0.39 is 0 Å². The molecule has 0 spiro atoms. The maximum Gasteiger partial charge on any atom is 0.225 e. The van der Waals surface area contributed by atoms with Crippen molar-refractivity contribution < 1.29 is 14.3 Å². The van der Waals surface area contributed by atoms with Crippen molar-refractivity contribution in [2.24, 2.45) is 0 Å². The van der Waals surface area contributed by atoms with Gasteiger partial charge in [0.15, 0.2) is 0 Å². The Labute approximate surface area is 172 Å². The molecule has 3 rings (SSSR count). The predicted molar refractivity (Wildman–Crippen MR) is 113 cm³/mol. The van der Waals surface area contributed by atoms with Crippen molar-refractivity contribution in [1.82, 2.24) is 9.80 Å². The second-order valence-electron chi connectivity index (χ2n) is 7.29. The van der Waals surface area contributed by atoms with Crippen LogP contribution in [0.15, 0.2) is 61.2 Å². The highest BCUT2D eigenvalue weighted by molar-refractivity contribution is 5.80. The van der Waals surface area contributed by atoms with Crippen LogP contribution in [0.1, 0.15) is 36.1 Å². The lowest BCUT2D eigenvalue weighted by atomic mass is 9.90. The number of methoxy groups -OCH3 is 1. The maximum absolute atomic E-state index is 13.2. The minimum absolute atomic E-state index is 0.00253. The summed E-state index contributed by atoms with van der Waals surface area (Å²) in [6.07, 6.45) is 2.82. The van der Waals surface area contributed by atoms with Crippen molar-refractivity contribution in [1.29, 1.82) is 0 Å². The van der Waals surface area contributed by atoms with Gasteiger partial charge in [0.05, 0.1) is 19.6 Å². The molecule has 1 aliphatic heterocycles. The van der Waals surface area contributed by atoms with Crippen LogP contribution in [-0.2, 0) is 22.6 Å². The first kappa shape index (κ1) is 20.6. The molecule has 152 valence electrons. The van der Waals surface area contributed by atoms with Crippen LogP contribution >= 0.6 is 0 Å². The molecule has 0 aliphatic carbocycles. The molecule has 2 aromatic rings. The largest absolute Gasteiger partial charge is 0.497 e. The first-order chi connectivity index (χ1) is 14.0. The molecule has 0 fully saturated rings. The summed E-state index contributed by atoms with van der Waals surface area (Å²) in [4.78, 5) is 29.0. The molecule has 0 saturated heterocycles. The summed E-state index contributed by atoms with van der Waals surface area (Å²) in [5.41, 5.74) is 3.31. The van der Waals surface area contributed by atoms with Crippen LogP contribution in [-0.4, -0.2) is 41.8 Å². The van der Waals surface area contributed by atoms with Crippen LogP contribution in [0.25, 0.3) is 0 Å². The lowest BCUT2D eigenvalue weighted by molar-refractivity contribution is -0.136. The molecule has 5 heteroatoms. The summed E-state index contributed by atoms with van der Waals surface area (Å²) in [6.45, 7) is 6.96. The van der Waals surface area contributed by atoms with Gasteiger partial charge in [-0.1, -0.05) is 42.5 Å². The molecule has 2 amide bonds. The SMILES string of the molecule is C=CCN(Cc1ccc(OC)cc1)C(=O)CC1c2ccccc2CCN1C(C)=O. The van der Waals surface area contributed by atoms with Crippen molar-refractivity contribution in [3.8, 4) is 5.75 Å². The smallest absolute Gasteiger partial charge is 0.225 e. The molecule has 5 nitrogen and oxygen atoms in total. The summed E-state index contributed by atoms with van der Waals surface area (Å²) < 4.78 is 5.20. The molecule has 0 bridgehead atoms. The van der Waals surface area contributed by atoms with Crippen molar-refractivity contribution in [3.63, 3.8) is 0 Å². The van der Waals surface area contributed by atoms with E-state index in [0.717, 1.165) is 23.3 Å². The summed E-state index contributed by atoms with van der Waals surface area (Å²) in [5.74, 6) is 0.794. The van der Waals surface area contributed by atoms with Gasteiger partial charge in [0.25, 0.3) is 0 Å². The number of nitrogens with zero attached hydrogens (tertiary/aromatic N) is 2. The van der Waals surface area contributed by atoms with Gasteiger partial charge in [0, 0.05) is 26.6 Å².